The van der Waals surface area contributed by atoms with Crippen molar-refractivity contribution < 1.29 is 22.7 Å². The highest BCUT2D eigenvalue weighted by Gasteiger charge is 2.35. The third-order valence-corrected chi connectivity index (χ3v) is 2.82. The van der Waals surface area contributed by atoms with E-state index in [1.165, 1.54) is 7.11 Å². The molecule has 0 aliphatic heterocycles. The Morgan fingerprint density at radius 3 is 2.31 bits per heavy atom. The number of halogens is 4. The van der Waals surface area contributed by atoms with Gasteiger partial charge in [0.1, 0.15) is 5.75 Å². The van der Waals surface area contributed by atoms with Crippen molar-refractivity contribution in [2.45, 2.75) is 13.1 Å². The van der Waals surface area contributed by atoms with Gasteiger partial charge in [-0.2, -0.15) is 13.2 Å². The Labute approximate surface area is 104 Å². The van der Waals surface area contributed by atoms with Crippen LogP contribution in [-0.2, 0) is 6.18 Å². The first-order chi connectivity index (χ1) is 7.27. The Balaban J connectivity index is 3.49. The average molecular weight is 344 g/mol. The second-order valence-electron chi connectivity index (χ2n) is 3.09. The number of carbonyl (C=O) groups excluding carboxylic acids is 1. The molecular weight excluding hydrogens is 336 g/mol. The minimum Gasteiger partial charge on any atom is -0.496 e. The SMILES string of the molecule is COc1cc(C(C)=O)c(C(F)(F)F)cc1I. The first-order valence-corrected chi connectivity index (χ1v) is 5.31. The van der Waals surface area contributed by atoms with E-state index >= 15 is 0 Å². The van der Waals surface area contributed by atoms with Crippen LogP contribution in [0.3, 0.4) is 0 Å². The number of hydrogen-bond donors (Lipinski definition) is 0. The molecule has 0 bridgehead atoms. The summed E-state index contributed by atoms with van der Waals surface area (Å²) in [6, 6.07) is 2.03. The number of benzene rings is 1. The summed E-state index contributed by atoms with van der Waals surface area (Å²) < 4.78 is 43.1. The fraction of sp³-hybridized carbons (Fsp3) is 0.300. The molecule has 1 aromatic carbocycles. The van der Waals surface area contributed by atoms with Gasteiger partial charge < -0.3 is 4.74 Å². The van der Waals surface area contributed by atoms with E-state index in [1.807, 2.05) is 0 Å². The largest absolute Gasteiger partial charge is 0.496 e. The summed E-state index contributed by atoms with van der Waals surface area (Å²) in [7, 11) is 1.34. The molecule has 88 valence electrons. The third-order valence-electron chi connectivity index (χ3n) is 1.98. The fourth-order valence-corrected chi connectivity index (χ4v) is 1.92. The zero-order valence-corrected chi connectivity index (χ0v) is 10.6. The fourth-order valence-electron chi connectivity index (χ4n) is 1.24. The van der Waals surface area contributed by atoms with Gasteiger partial charge in [0.15, 0.2) is 5.78 Å². The summed E-state index contributed by atoms with van der Waals surface area (Å²) in [5.74, 6) is -0.374. The lowest BCUT2D eigenvalue weighted by molar-refractivity contribution is -0.138. The van der Waals surface area contributed by atoms with Crippen molar-refractivity contribution in [3.8, 4) is 5.75 Å². The van der Waals surface area contributed by atoms with Crippen LogP contribution < -0.4 is 4.74 Å². The molecule has 1 rings (SSSR count). The zero-order valence-electron chi connectivity index (χ0n) is 8.48. The van der Waals surface area contributed by atoms with Gasteiger partial charge in [0, 0.05) is 5.56 Å². The van der Waals surface area contributed by atoms with E-state index in [1.54, 1.807) is 22.6 Å². The van der Waals surface area contributed by atoms with Crippen molar-refractivity contribution >= 4 is 28.4 Å². The van der Waals surface area contributed by atoms with E-state index in [9.17, 15) is 18.0 Å². The quantitative estimate of drug-likeness (QED) is 0.606. The first kappa shape index (κ1) is 13.3. The molecule has 0 aliphatic rings. The molecular formula is C10H8F3IO2. The maximum absolute atomic E-state index is 12.6. The summed E-state index contributed by atoms with van der Waals surface area (Å²) >= 11 is 1.73. The first-order valence-electron chi connectivity index (χ1n) is 4.23. The molecule has 1 aromatic rings. The lowest BCUT2D eigenvalue weighted by Gasteiger charge is -2.13. The van der Waals surface area contributed by atoms with Crippen molar-refractivity contribution in [2.24, 2.45) is 0 Å². The lowest BCUT2D eigenvalue weighted by Crippen LogP contribution is -2.12. The van der Waals surface area contributed by atoms with Crippen LogP contribution in [0.1, 0.15) is 22.8 Å². The molecule has 2 nitrogen and oxygen atoms in total. The van der Waals surface area contributed by atoms with Crippen LogP contribution in [0.4, 0.5) is 13.2 Å². The molecule has 0 aliphatic carbocycles. The minimum absolute atomic E-state index is 0.263. The maximum Gasteiger partial charge on any atom is 0.417 e. The minimum atomic E-state index is -4.53. The van der Waals surface area contributed by atoms with Gasteiger partial charge in [-0.05, 0) is 41.6 Å². The number of ether oxygens (including phenoxy) is 1. The molecule has 16 heavy (non-hydrogen) atoms. The molecule has 0 heterocycles. The Bertz CT molecular complexity index is 427. The van der Waals surface area contributed by atoms with Gasteiger partial charge in [0.2, 0.25) is 0 Å². The molecule has 0 atom stereocenters. The molecule has 0 aromatic heterocycles. The standard InChI is InChI=1S/C10H8F3IO2/c1-5(15)6-3-9(16-2)8(14)4-7(6)10(11,12)13/h3-4H,1-2H3. The normalized spacial score (nSPS) is 11.4. The molecule has 0 radical (unpaired) electrons. The van der Waals surface area contributed by atoms with E-state index in [0.717, 1.165) is 19.1 Å². The third kappa shape index (κ3) is 2.66. The van der Waals surface area contributed by atoms with Crippen LogP contribution >= 0.6 is 22.6 Å². The number of ketones is 1. The lowest BCUT2D eigenvalue weighted by atomic mass is 10.0. The summed E-state index contributed by atoms with van der Waals surface area (Å²) in [5, 5.41) is 0. The second kappa shape index (κ2) is 4.60. The van der Waals surface area contributed by atoms with Crippen molar-refractivity contribution in [1.82, 2.24) is 0 Å². The molecule has 0 amide bonds. The average Bonchev–Trinajstić information content (AvgIpc) is 2.15. The second-order valence-corrected chi connectivity index (χ2v) is 4.25. The van der Waals surface area contributed by atoms with E-state index in [4.69, 9.17) is 4.74 Å². The van der Waals surface area contributed by atoms with Crippen molar-refractivity contribution in [3.05, 3.63) is 26.8 Å². The molecule has 0 saturated heterocycles. The molecule has 0 fully saturated rings. The van der Waals surface area contributed by atoms with Crippen LogP contribution in [0.25, 0.3) is 0 Å². The van der Waals surface area contributed by atoms with E-state index in [0.29, 0.717) is 3.57 Å². The molecule has 0 spiro atoms. The predicted molar refractivity (Wildman–Crippen MR) is 60.7 cm³/mol. The topological polar surface area (TPSA) is 26.3 Å². The number of methoxy groups -OCH3 is 1. The van der Waals surface area contributed by atoms with Gasteiger partial charge in [-0.15, -0.1) is 0 Å². The van der Waals surface area contributed by atoms with Gasteiger partial charge in [0.25, 0.3) is 0 Å². The Hall–Kier alpha value is -0.790. The van der Waals surface area contributed by atoms with E-state index < -0.39 is 17.5 Å². The maximum atomic E-state index is 12.6. The molecule has 0 unspecified atom stereocenters. The number of rotatable bonds is 2. The number of carbonyl (C=O) groups is 1. The number of hydrogen-bond acceptors (Lipinski definition) is 2. The summed E-state index contributed by atoms with van der Waals surface area (Å²) in [6.45, 7) is 1.09. The van der Waals surface area contributed by atoms with Crippen LogP contribution in [0.15, 0.2) is 12.1 Å². The van der Waals surface area contributed by atoms with E-state index in [2.05, 4.69) is 0 Å². The Morgan fingerprint density at radius 2 is 1.94 bits per heavy atom. The van der Waals surface area contributed by atoms with Crippen LogP contribution in [0.2, 0.25) is 0 Å². The van der Waals surface area contributed by atoms with Gasteiger partial charge in [-0.3, -0.25) is 4.79 Å². The van der Waals surface area contributed by atoms with Crippen molar-refractivity contribution in [1.29, 1.82) is 0 Å². The van der Waals surface area contributed by atoms with Crippen LogP contribution in [-0.4, -0.2) is 12.9 Å². The van der Waals surface area contributed by atoms with Gasteiger partial charge in [-0.1, -0.05) is 0 Å². The Morgan fingerprint density at radius 1 is 1.38 bits per heavy atom. The highest BCUT2D eigenvalue weighted by Crippen LogP contribution is 2.36. The van der Waals surface area contributed by atoms with Gasteiger partial charge in [0.05, 0.1) is 16.2 Å². The predicted octanol–water partition coefficient (Wildman–Crippen LogP) is 3.52. The number of Topliss-reactive ketones (excluding diaryl/α,β-unsaturated/α-hetero) is 1. The summed E-state index contributed by atoms with van der Waals surface area (Å²) in [5.41, 5.74) is -1.30. The smallest absolute Gasteiger partial charge is 0.417 e. The van der Waals surface area contributed by atoms with Crippen LogP contribution in [0.5, 0.6) is 5.75 Å². The van der Waals surface area contributed by atoms with Crippen molar-refractivity contribution in [3.63, 3.8) is 0 Å². The summed E-state index contributed by atoms with van der Waals surface area (Å²) in [4.78, 5) is 11.1. The summed E-state index contributed by atoms with van der Waals surface area (Å²) in [6.07, 6.45) is -4.53. The van der Waals surface area contributed by atoms with Crippen molar-refractivity contribution in [2.75, 3.05) is 7.11 Å². The molecule has 6 heteroatoms. The molecule has 0 N–H and O–H groups in total. The van der Waals surface area contributed by atoms with Gasteiger partial charge >= 0.3 is 6.18 Å². The highest BCUT2D eigenvalue weighted by atomic mass is 127. The number of alkyl halides is 3. The van der Waals surface area contributed by atoms with Gasteiger partial charge in [-0.25, -0.2) is 0 Å². The molecule has 0 saturated carbocycles. The van der Waals surface area contributed by atoms with Crippen LogP contribution in [0, 0.1) is 3.57 Å². The highest BCUT2D eigenvalue weighted by molar-refractivity contribution is 14.1. The zero-order chi connectivity index (χ0) is 12.5. The monoisotopic (exact) mass is 344 g/mol. The van der Waals surface area contributed by atoms with E-state index in [-0.39, 0.29) is 11.3 Å². The Kier molecular flexibility index (Phi) is 3.82.